The number of para-hydroxylation sites is 1. The number of likely N-dealkylation sites (tertiary alicyclic amines) is 1. The molecular weight excluding hydrogens is 442 g/mol. The fourth-order valence-corrected chi connectivity index (χ4v) is 4.07. The molecule has 1 aliphatic heterocycles. The molecule has 0 N–H and O–H groups in total. The van der Waals surface area contributed by atoms with E-state index in [2.05, 4.69) is 30.6 Å². The highest BCUT2D eigenvalue weighted by Gasteiger charge is 2.28. The number of nitrogens with zero attached hydrogens (tertiary/aromatic N) is 1. The molecule has 0 aliphatic carbocycles. The van der Waals surface area contributed by atoms with Crippen molar-refractivity contribution in [3.63, 3.8) is 0 Å². The summed E-state index contributed by atoms with van der Waals surface area (Å²) in [6, 6.07) is 19.0. The van der Waals surface area contributed by atoms with Crippen molar-refractivity contribution in [2.24, 2.45) is 5.92 Å². The van der Waals surface area contributed by atoms with Crippen LogP contribution in [0.25, 0.3) is 0 Å². The second-order valence-electron chi connectivity index (χ2n) is 9.17. The summed E-state index contributed by atoms with van der Waals surface area (Å²) in [5, 5.41) is 0. The highest BCUT2D eigenvalue weighted by atomic mass is 16.6. The van der Waals surface area contributed by atoms with Crippen LogP contribution in [0.3, 0.4) is 0 Å². The Labute approximate surface area is 208 Å². The first-order valence-corrected chi connectivity index (χ1v) is 12.2. The van der Waals surface area contributed by atoms with Crippen LogP contribution in [0.15, 0.2) is 60.7 Å². The van der Waals surface area contributed by atoms with Gasteiger partial charge in [0.1, 0.15) is 12.4 Å². The van der Waals surface area contributed by atoms with Crippen molar-refractivity contribution in [3.8, 4) is 17.6 Å². The molecule has 3 rings (SSSR count). The fourth-order valence-electron chi connectivity index (χ4n) is 4.07. The Morgan fingerprint density at radius 2 is 1.71 bits per heavy atom. The normalized spacial score (nSPS) is 17.2. The van der Waals surface area contributed by atoms with Gasteiger partial charge >= 0.3 is 11.9 Å². The number of hydrogen-bond donors (Lipinski definition) is 0. The van der Waals surface area contributed by atoms with Crippen LogP contribution in [0.5, 0.6) is 5.75 Å². The Kier molecular flexibility index (Phi) is 10.2. The number of esters is 2. The zero-order valence-corrected chi connectivity index (χ0v) is 20.8. The monoisotopic (exact) mass is 477 g/mol. The number of hydrogen-bond acceptors (Lipinski definition) is 6. The van der Waals surface area contributed by atoms with Crippen molar-refractivity contribution < 1.29 is 23.8 Å². The van der Waals surface area contributed by atoms with E-state index in [4.69, 9.17) is 14.2 Å². The average molecular weight is 478 g/mol. The Morgan fingerprint density at radius 3 is 2.37 bits per heavy atom. The molecule has 1 saturated heterocycles. The van der Waals surface area contributed by atoms with Gasteiger partial charge in [-0.2, -0.15) is 0 Å². The molecule has 1 heterocycles. The van der Waals surface area contributed by atoms with Crippen LogP contribution in [0.2, 0.25) is 0 Å². The third kappa shape index (κ3) is 8.77. The molecule has 186 valence electrons. The summed E-state index contributed by atoms with van der Waals surface area (Å²) in [4.78, 5) is 26.9. The molecule has 0 amide bonds. The van der Waals surface area contributed by atoms with Crippen LogP contribution < -0.4 is 4.74 Å². The maximum Gasteiger partial charge on any atom is 0.353 e. The highest BCUT2D eigenvalue weighted by molar-refractivity contribution is 5.80. The summed E-state index contributed by atoms with van der Waals surface area (Å²) in [7, 11) is 0. The van der Waals surface area contributed by atoms with Gasteiger partial charge in [0.2, 0.25) is 6.10 Å². The van der Waals surface area contributed by atoms with Crippen molar-refractivity contribution in [1.29, 1.82) is 0 Å². The molecule has 2 aromatic rings. The number of benzene rings is 2. The van der Waals surface area contributed by atoms with E-state index < -0.39 is 24.1 Å². The lowest BCUT2D eigenvalue weighted by atomic mass is 10.1. The van der Waals surface area contributed by atoms with Crippen LogP contribution in [-0.2, 0) is 19.1 Å². The van der Waals surface area contributed by atoms with Gasteiger partial charge in [0.25, 0.3) is 0 Å². The van der Waals surface area contributed by atoms with Crippen LogP contribution in [0.4, 0.5) is 0 Å². The summed E-state index contributed by atoms with van der Waals surface area (Å²) in [5.74, 6) is 6.37. The lowest BCUT2D eigenvalue weighted by Crippen LogP contribution is -2.34. The SMILES string of the molecule is CC(=O)O[C@@H](C(=O)OC(C#CCN1CCC[C@H]1COc1ccccc1)CC(C)C)c1ccccc1. The van der Waals surface area contributed by atoms with Gasteiger partial charge in [0.15, 0.2) is 6.10 Å². The number of rotatable bonds is 10. The molecule has 6 heteroatoms. The maximum atomic E-state index is 13.0. The quantitative estimate of drug-likeness (QED) is 0.362. The second-order valence-corrected chi connectivity index (χ2v) is 9.17. The highest BCUT2D eigenvalue weighted by Crippen LogP contribution is 2.22. The minimum absolute atomic E-state index is 0.282. The standard InChI is InChI=1S/C29H35NO5/c1-22(2)20-27(35-29(32)28(34-23(3)31)24-12-6-4-7-13-24)17-11-19-30-18-10-14-25(30)21-33-26-15-8-5-9-16-26/h4-9,12-13,15-16,22,25,27-28H,10,14,18-21H2,1-3H3/t25-,27?,28+/m0/s1. The van der Waals surface area contributed by atoms with Crippen molar-refractivity contribution in [2.75, 3.05) is 19.7 Å². The Balaban J connectivity index is 1.61. The van der Waals surface area contributed by atoms with Crippen LogP contribution >= 0.6 is 0 Å². The molecular formula is C29H35NO5. The number of carbonyl (C=O) groups is 2. The molecule has 2 aromatic carbocycles. The van der Waals surface area contributed by atoms with Crippen molar-refractivity contribution >= 4 is 11.9 Å². The second kappa shape index (κ2) is 13.6. The van der Waals surface area contributed by atoms with E-state index in [9.17, 15) is 9.59 Å². The molecule has 1 fully saturated rings. The summed E-state index contributed by atoms with van der Waals surface area (Å²) >= 11 is 0. The van der Waals surface area contributed by atoms with Crippen molar-refractivity contribution in [3.05, 3.63) is 66.2 Å². The largest absolute Gasteiger partial charge is 0.492 e. The zero-order valence-electron chi connectivity index (χ0n) is 20.8. The van der Waals surface area contributed by atoms with Crippen molar-refractivity contribution in [2.45, 2.75) is 58.3 Å². The topological polar surface area (TPSA) is 65.1 Å². The molecule has 0 spiro atoms. The van der Waals surface area contributed by atoms with Crippen molar-refractivity contribution in [1.82, 2.24) is 4.90 Å². The molecule has 0 aromatic heterocycles. The van der Waals surface area contributed by atoms with Gasteiger partial charge in [0, 0.05) is 18.5 Å². The third-order valence-corrected chi connectivity index (χ3v) is 5.77. The first kappa shape index (κ1) is 26.3. The first-order valence-electron chi connectivity index (χ1n) is 12.2. The molecule has 0 radical (unpaired) electrons. The smallest absolute Gasteiger partial charge is 0.353 e. The number of carbonyl (C=O) groups excluding carboxylic acids is 2. The number of ether oxygens (including phenoxy) is 3. The molecule has 1 aliphatic rings. The van der Waals surface area contributed by atoms with E-state index in [-0.39, 0.29) is 5.92 Å². The Hall–Kier alpha value is -3.30. The van der Waals surface area contributed by atoms with E-state index in [1.807, 2.05) is 36.4 Å². The summed E-state index contributed by atoms with van der Waals surface area (Å²) in [6.45, 7) is 7.57. The zero-order chi connectivity index (χ0) is 25.0. The average Bonchev–Trinajstić information content (AvgIpc) is 3.29. The first-order chi connectivity index (χ1) is 16.9. The minimum atomic E-state index is -1.11. The summed E-state index contributed by atoms with van der Waals surface area (Å²) < 4.78 is 17.0. The summed E-state index contributed by atoms with van der Waals surface area (Å²) in [5.41, 5.74) is 0.572. The maximum absolute atomic E-state index is 13.0. The van der Waals surface area contributed by atoms with E-state index >= 15 is 0 Å². The van der Waals surface area contributed by atoms with Gasteiger partial charge in [-0.15, -0.1) is 0 Å². The van der Waals surface area contributed by atoms with Gasteiger partial charge in [-0.3, -0.25) is 9.69 Å². The van der Waals surface area contributed by atoms with Crippen LogP contribution in [-0.4, -0.2) is 48.7 Å². The lowest BCUT2D eigenvalue weighted by Gasteiger charge is -2.22. The van der Waals surface area contributed by atoms with Gasteiger partial charge in [0.05, 0.1) is 6.54 Å². The van der Waals surface area contributed by atoms with E-state index in [1.165, 1.54) is 6.92 Å². The lowest BCUT2D eigenvalue weighted by molar-refractivity contribution is -0.169. The van der Waals surface area contributed by atoms with Gasteiger partial charge < -0.3 is 14.2 Å². The van der Waals surface area contributed by atoms with Crippen LogP contribution in [0.1, 0.15) is 51.7 Å². The molecule has 6 nitrogen and oxygen atoms in total. The van der Waals surface area contributed by atoms with Gasteiger partial charge in [-0.05, 0) is 43.9 Å². The molecule has 1 unspecified atom stereocenters. The third-order valence-electron chi connectivity index (χ3n) is 5.77. The van der Waals surface area contributed by atoms with E-state index in [0.717, 1.165) is 25.1 Å². The van der Waals surface area contributed by atoms with Gasteiger partial charge in [-0.25, -0.2) is 4.79 Å². The summed E-state index contributed by atoms with van der Waals surface area (Å²) in [6.07, 6.45) is 1.09. The molecule has 0 saturated carbocycles. The Bertz CT molecular complexity index is 996. The predicted molar refractivity (Wildman–Crippen MR) is 135 cm³/mol. The predicted octanol–water partition coefficient (Wildman–Crippen LogP) is 4.80. The molecule has 3 atom stereocenters. The molecule has 0 bridgehead atoms. The van der Waals surface area contributed by atoms with Gasteiger partial charge in [-0.1, -0.05) is 74.2 Å². The van der Waals surface area contributed by atoms with E-state index in [1.54, 1.807) is 24.3 Å². The molecule has 35 heavy (non-hydrogen) atoms. The minimum Gasteiger partial charge on any atom is -0.492 e. The fraction of sp³-hybridized carbons (Fsp3) is 0.448. The Morgan fingerprint density at radius 1 is 1.03 bits per heavy atom. The van der Waals surface area contributed by atoms with Crippen LogP contribution in [0, 0.1) is 17.8 Å². The van der Waals surface area contributed by atoms with E-state index in [0.29, 0.717) is 31.2 Å².